The Morgan fingerprint density at radius 1 is 1.12 bits per heavy atom. The number of thioether (sulfide) groups is 1. The topological polar surface area (TPSA) is 95.6 Å². The first-order chi connectivity index (χ1) is 15.4. The number of nitrogens with one attached hydrogen (secondary N) is 2. The summed E-state index contributed by atoms with van der Waals surface area (Å²) in [4.78, 5) is 50.2. The molecule has 2 aliphatic rings. The molecule has 1 saturated heterocycles. The fraction of sp³-hybridized carbons (Fsp3) is 0.333. The lowest BCUT2D eigenvalue weighted by Gasteiger charge is -2.29. The molecular weight excluding hydrogens is 426 g/mol. The van der Waals surface area contributed by atoms with E-state index in [9.17, 15) is 19.2 Å². The Hall–Kier alpha value is -3.13. The number of hydrogen-bond donors (Lipinski definition) is 2. The zero-order valence-corrected chi connectivity index (χ0v) is 18.7. The molecule has 0 saturated carbocycles. The lowest BCUT2D eigenvalue weighted by Crippen LogP contribution is -2.52. The monoisotopic (exact) mass is 451 g/mol. The van der Waals surface area contributed by atoms with Crippen LogP contribution in [0.4, 0.5) is 0 Å². The summed E-state index contributed by atoms with van der Waals surface area (Å²) < 4.78 is 0. The minimum absolute atomic E-state index is 0.0249. The summed E-state index contributed by atoms with van der Waals surface area (Å²) in [6.45, 7) is 2.52. The van der Waals surface area contributed by atoms with Crippen molar-refractivity contribution < 1.29 is 19.2 Å². The van der Waals surface area contributed by atoms with Crippen LogP contribution in [0.25, 0.3) is 0 Å². The molecule has 2 aromatic rings. The number of nitrogens with zero attached hydrogens (tertiary/aromatic N) is 1. The van der Waals surface area contributed by atoms with E-state index in [0.717, 1.165) is 22.6 Å². The molecule has 1 atom stereocenters. The zero-order valence-electron chi connectivity index (χ0n) is 17.8. The first kappa shape index (κ1) is 22.1. The van der Waals surface area contributed by atoms with Crippen molar-refractivity contribution >= 4 is 35.4 Å². The number of carbonyl (C=O) groups excluding carboxylic acids is 4. The maximum atomic E-state index is 12.9. The van der Waals surface area contributed by atoms with Crippen molar-refractivity contribution in [2.45, 2.75) is 49.4 Å². The van der Waals surface area contributed by atoms with E-state index in [-0.39, 0.29) is 24.1 Å². The van der Waals surface area contributed by atoms with Crippen LogP contribution in [0.2, 0.25) is 0 Å². The second kappa shape index (κ2) is 9.56. The first-order valence-corrected chi connectivity index (χ1v) is 11.6. The molecule has 2 aliphatic heterocycles. The van der Waals surface area contributed by atoms with E-state index in [4.69, 9.17) is 0 Å². The molecule has 4 amide bonds. The summed E-state index contributed by atoms with van der Waals surface area (Å²) in [5.41, 5.74) is 3.91. The summed E-state index contributed by atoms with van der Waals surface area (Å²) >= 11 is 1.67. The van der Waals surface area contributed by atoms with Gasteiger partial charge in [-0.05, 0) is 41.7 Å². The highest BCUT2D eigenvalue weighted by molar-refractivity contribution is 7.98. The highest BCUT2D eigenvalue weighted by atomic mass is 32.2. The fourth-order valence-electron chi connectivity index (χ4n) is 4.04. The van der Waals surface area contributed by atoms with Crippen molar-refractivity contribution in [3.63, 3.8) is 0 Å². The molecule has 0 aliphatic carbocycles. The van der Waals surface area contributed by atoms with E-state index in [1.807, 2.05) is 12.1 Å². The molecule has 1 fully saturated rings. The highest BCUT2D eigenvalue weighted by Gasteiger charge is 2.39. The minimum atomic E-state index is -0.601. The van der Waals surface area contributed by atoms with E-state index in [0.29, 0.717) is 25.1 Å². The number of piperidine rings is 1. The van der Waals surface area contributed by atoms with Crippen LogP contribution < -0.4 is 10.6 Å². The van der Waals surface area contributed by atoms with Gasteiger partial charge in [0.25, 0.3) is 5.91 Å². The van der Waals surface area contributed by atoms with Gasteiger partial charge in [0.15, 0.2) is 0 Å². The number of imide groups is 1. The second-order valence-electron chi connectivity index (χ2n) is 8.02. The quantitative estimate of drug-likeness (QED) is 0.498. The Balaban J connectivity index is 1.40. The van der Waals surface area contributed by atoms with Crippen LogP contribution >= 0.6 is 11.8 Å². The van der Waals surface area contributed by atoms with Crippen molar-refractivity contribution in [1.82, 2.24) is 15.5 Å². The third-order valence-corrected chi connectivity index (χ3v) is 6.92. The SMILES string of the molecule is CC(=O)NCCc1ccc(CSc2cccc3c2CN(C2CCC(=O)NC2=O)C3=O)cc1. The van der Waals surface area contributed by atoms with Crippen LogP contribution in [0.1, 0.15) is 46.8 Å². The van der Waals surface area contributed by atoms with Crippen LogP contribution in [-0.4, -0.2) is 41.1 Å². The van der Waals surface area contributed by atoms with E-state index in [1.54, 1.807) is 22.7 Å². The molecule has 166 valence electrons. The number of benzene rings is 2. The van der Waals surface area contributed by atoms with Crippen molar-refractivity contribution in [2.75, 3.05) is 6.54 Å². The van der Waals surface area contributed by atoms with Crippen molar-refractivity contribution in [3.8, 4) is 0 Å². The number of carbonyl (C=O) groups is 4. The van der Waals surface area contributed by atoms with E-state index >= 15 is 0 Å². The molecule has 8 heteroatoms. The summed E-state index contributed by atoms with van der Waals surface area (Å²) in [7, 11) is 0. The Labute approximate surface area is 190 Å². The molecule has 0 bridgehead atoms. The Kier molecular flexibility index (Phi) is 6.60. The maximum Gasteiger partial charge on any atom is 0.255 e. The molecule has 2 aromatic carbocycles. The molecule has 4 rings (SSSR count). The standard InChI is InChI=1S/C24H25N3O4S/c1-15(28)25-12-11-16-5-7-17(8-6-16)14-32-21-4-2-3-18-19(21)13-27(24(18)31)20-9-10-22(29)26-23(20)30/h2-8,20H,9-14H2,1H3,(H,25,28)(H,26,29,30). The molecule has 2 N–H and O–H groups in total. The van der Waals surface area contributed by atoms with Gasteiger partial charge in [0.1, 0.15) is 6.04 Å². The molecule has 0 radical (unpaired) electrons. The Morgan fingerprint density at radius 2 is 1.88 bits per heavy atom. The Morgan fingerprint density at radius 3 is 2.59 bits per heavy atom. The third-order valence-electron chi connectivity index (χ3n) is 5.74. The molecule has 0 spiro atoms. The van der Waals surface area contributed by atoms with Gasteiger partial charge >= 0.3 is 0 Å². The van der Waals surface area contributed by atoms with Gasteiger partial charge in [0, 0.05) is 42.6 Å². The predicted octanol–water partition coefficient (Wildman–Crippen LogP) is 2.42. The predicted molar refractivity (Wildman–Crippen MR) is 121 cm³/mol. The fourth-order valence-corrected chi connectivity index (χ4v) is 5.08. The lowest BCUT2D eigenvalue weighted by molar-refractivity contribution is -0.137. The summed E-state index contributed by atoms with van der Waals surface area (Å²) in [6, 6.07) is 13.4. The smallest absolute Gasteiger partial charge is 0.255 e. The molecule has 0 aromatic heterocycles. The number of rotatable bonds is 7. The summed E-state index contributed by atoms with van der Waals surface area (Å²) in [5.74, 6) is -0.0961. The van der Waals surface area contributed by atoms with Crippen LogP contribution in [0, 0.1) is 0 Å². The molecule has 32 heavy (non-hydrogen) atoms. The van der Waals surface area contributed by atoms with Gasteiger partial charge in [-0.3, -0.25) is 24.5 Å². The van der Waals surface area contributed by atoms with Crippen molar-refractivity contribution in [2.24, 2.45) is 0 Å². The highest BCUT2D eigenvalue weighted by Crippen LogP contribution is 2.35. The van der Waals surface area contributed by atoms with Gasteiger partial charge < -0.3 is 10.2 Å². The van der Waals surface area contributed by atoms with Crippen LogP contribution in [0.3, 0.4) is 0 Å². The molecule has 1 unspecified atom stereocenters. The number of hydrogen-bond acceptors (Lipinski definition) is 5. The van der Waals surface area contributed by atoms with Gasteiger partial charge in [-0.1, -0.05) is 30.3 Å². The van der Waals surface area contributed by atoms with Gasteiger partial charge in [-0.15, -0.1) is 11.8 Å². The van der Waals surface area contributed by atoms with Gasteiger partial charge in [0.05, 0.1) is 0 Å². The number of fused-ring (bicyclic) bond motifs is 1. The molecule has 7 nitrogen and oxygen atoms in total. The molecule has 2 heterocycles. The summed E-state index contributed by atoms with van der Waals surface area (Å²) in [5, 5.41) is 5.14. The minimum Gasteiger partial charge on any atom is -0.356 e. The normalized spacial score (nSPS) is 17.8. The maximum absolute atomic E-state index is 12.9. The Bertz CT molecular complexity index is 1070. The van der Waals surface area contributed by atoms with Gasteiger partial charge in [-0.25, -0.2) is 0 Å². The van der Waals surface area contributed by atoms with Crippen LogP contribution in [0.15, 0.2) is 47.4 Å². The second-order valence-corrected chi connectivity index (χ2v) is 9.04. The third kappa shape index (κ3) is 4.85. The van der Waals surface area contributed by atoms with Gasteiger partial charge in [-0.2, -0.15) is 0 Å². The largest absolute Gasteiger partial charge is 0.356 e. The lowest BCUT2D eigenvalue weighted by atomic mass is 10.0. The van der Waals surface area contributed by atoms with Crippen molar-refractivity contribution in [1.29, 1.82) is 0 Å². The number of amides is 4. The average Bonchev–Trinajstić information content (AvgIpc) is 3.10. The van der Waals surface area contributed by atoms with Crippen LogP contribution in [0.5, 0.6) is 0 Å². The van der Waals surface area contributed by atoms with E-state index in [1.165, 1.54) is 18.1 Å². The van der Waals surface area contributed by atoms with E-state index in [2.05, 4.69) is 34.9 Å². The van der Waals surface area contributed by atoms with Crippen LogP contribution in [-0.2, 0) is 33.1 Å². The van der Waals surface area contributed by atoms with Gasteiger partial charge in [0.2, 0.25) is 17.7 Å². The van der Waals surface area contributed by atoms with E-state index < -0.39 is 11.9 Å². The first-order valence-electron chi connectivity index (χ1n) is 10.6. The zero-order chi connectivity index (χ0) is 22.7. The average molecular weight is 452 g/mol. The van der Waals surface area contributed by atoms with Crippen molar-refractivity contribution in [3.05, 3.63) is 64.7 Å². The molecular formula is C24H25N3O4S. The summed E-state index contributed by atoms with van der Waals surface area (Å²) in [6.07, 6.45) is 1.40.